The zero-order valence-corrected chi connectivity index (χ0v) is 16.0. The maximum absolute atomic E-state index is 13.6. The SMILES string of the molecule is COc1ccc(-c2ccc(=O)n(CC(=O)NCc3ccccc3F)n2)cc1OC. The number of hydrogen-bond donors (Lipinski definition) is 1. The number of amides is 1. The molecule has 150 valence electrons. The van der Waals surface area contributed by atoms with E-state index >= 15 is 0 Å². The van der Waals surface area contributed by atoms with Gasteiger partial charge in [0.25, 0.3) is 5.56 Å². The number of aromatic nitrogens is 2. The third kappa shape index (κ3) is 4.78. The first-order valence-corrected chi connectivity index (χ1v) is 8.82. The van der Waals surface area contributed by atoms with Crippen LogP contribution in [0.25, 0.3) is 11.3 Å². The molecule has 7 nitrogen and oxygen atoms in total. The summed E-state index contributed by atoms with van der Waals surface area (Å²) in [6.45, 7) is -0.260. The van der Waals surface area contributed by atoms with Gasteiger partial charge in [0.05, 0.1) is 19.9 Å². The van der Waals surface area contributed by atoms with Crippen molar-refractivity contribution in [2.45, 2.75) is 13.1 Å². The zero-order chi connectivity index (χ0) is 20.8. The van der Waals surface area contributed by atoms with Crippen molar-refractivity contribution < 1.29 is 18.7 Å². The second kappa shape index (κ2) is 9.01. The summed E-state index contributed by atoms with van der Waals surface area (Å²) in [4.78, 5) is 24.3. The summed E-state index contributed by atoms with van der Waals surface area (Å²) in [5.74, 6) is 0.232. The minimum atomic E-state index is -0.452. The van der Waals surface area contributed by atoms with Crippen LogP contribution in [0.3, 0.4) is 0 Å². The minimum Gasteiger partial charge on any atom is -0.493 e. The standard InChI is InChI=1S/C21H20FN3O4/c1-28-18-9-7-14(11-19(18)29-2)17-8-10-21(27)25(24-17)13-20(26)23-12-15-5-3-4-6-16(15)22/h3-11H,12-13H2,1-2H3,(H,23,26). The molecule has 0 bridgehead atoms. The molecule has 0 atom stereocenters. The van der Waals surface area contributed by atoms with E-state index in [1.54, 1.807) is 42.5 Å². The van der Waals surface area contributed by atoms with E-state index in [4.69, 9.17) is 9.47 Å². The summed E-state index contributed by atoms with van der Waals surface area (Å²) in [7, 11) is 3.06. The zero-order valence-electron chi connectivity index (χ0n) is 16.0. The predicted octanol–water partition coefficient (Wildman–Crippen LogP) is 2.38. The Morgan fingerprint density at radius 1 is 1.07 bits per heavy atom. The first-order valence-electron chi connectivity index (χ1n) is 8.82. The predicted molar refractivity (Wildman–Crippen MR) is 105 cm³/mol. The van der Waals surface area contributed by atoms with Crippen LogP contribution in [0, 0.1) is 5.82 Å². The summed E-state index contributed by atoms with van der Waals surface area (Å²) in [5, 5.41) is 6.85. The molecule has 1 N–H and O–H groups in total. The van der Waals surface area contributed by atoms with Gasteiger partial charge in [-0.15, -0.1) is 0 Å². The van der Waals surface area contributed by atoms with Crippen LogP contribution in [-0.4, -0.2) is 29.9 Å². The van der Waals surface area contributed by atoms with E-state index < -0.39 is 17.3 Å². The highest BCUT2D eigenvalue weighted by Crippen LogP contribution is 2.31. The highest BCUT2D eigenvalue weighted by Gasteiger charge is 2.11. The molecular formula is C21H20FN3O4. The Hall–Kier alpha value is -3.68. The summed E-state index contributed by atoms with van der Waals surface area (Å²) in [5.41, 5.74) is 1.13. The number of halogens is 1. The van der Waals surface area contributed by atoms with Gasteiger partial charge in [-0.1, -0.05) is 18.2 Å². The number of nitrogens with one attached hydrogen (secondary N) is 1. The average molecular weight is 397 g/mol. The molecule has 2 aromatic carbocycles. The molecule has 0 aliphatic carbocycles. The molecule has 29 heavy (non-hydrogen) atoms. The number of methoxy groups -OCH3 is 2. The van der Waals surface area contributed by atoms with Gasteiger partial charge in [0.1, 0.15) is 12.4 Å². The van der Waals surface area contributed by atoms with E-state index in [0.29, 0.717) is 28.3 Å². The van der Waals surface area contributed by atoms with E-state index in [-0.39, 0.29) is 13.1 Å². The Balaban J connectivity index is 1.76. The summed E-state index contributed by atoms with van der Waals surface area (Å²) >= 11 is 0. The summed E-state index contributed by atoms with van der Waals surface area (Å²) in [6.07, 6.45) is 0. The Bertz CT molecular complexity index is 1080. The average Bonchev–Trinajstić information content (AvgIpc) is 2.74. The van der Waals surface area contributed by atoms with Gasteiger partial charge < -0.3 is 14.8 Å². The Labute approximate surface area is 166 Å². The normalized spacial score (nSPS) is 10.4. The quantitative estimate of drug-likeness (QED) is 0.662. The second-order valence-corrected chi connectivity index (χ2v) is 6.15. The molecule has 0 aliphatic heterocycles. The lowest BCUT2D eigenvalue weighted by molar-refractivity contribution is -0.122. The molecule has 0 radical (unpaired) electrons. The number of carbonyl (C=O) groups is 1. The number of hydrogen-bond acceptors (Lipinski definition) is 5. The van der Waals surface area contributed by atoms with Crippen LogP contribution in [0.1, 0.15) is 5.56 Å². The van der Waals surface area contributed by atoms with Gasteiger partial charge in [0, 0.05) is 23.7 Å². The van der Waals surface area contributed by atoms with Gasteiger partial charge >= 0.3 is 0 Å². The number of ether oxygens (including phenoxy) is 2. The fraction of sp³-hybridized carbons (Fsp3) is 0.190. The van der Waals surface area contributed by atoms with Crippen LogP contribution in [0.15, 0.2) is 59.4 Å². The van der Waals surface area contributed by atoms with Gasteiger partial charge in [-0.3, -0.25) is 9.59 Å². The highest BCUT2D eigenvalue weighted by molar-refractivity contribution is 5.75. The maximum Gasteiger partial charge on any atom is 0.267 e. The number of carbonyl (C=O) groups excluding carboxylic acids is 1. The molecule has 1 heterocycles. The molecule has 0 spiro atoms. The van der Waals surface area contributed by atoms with Crippen molar-refractivity contribution in [3.05, 3.63) is 76.3 Å². The molecule has 1 amide bonds. The molecule has 8 heteroatoms. The lowest BCUT2D eigenvalue weighted by Gasteiger charge is -2.11. The van der Waals surface area contributed by atoms with E-state index in [1.165, 1.54) is 26.4 Å². The van der Waals surface area contributed by atoms with Crippen LogP contribution in [0.2, 0.25) is 0 Å². The van der Waals surface area contributed by atoms with Gasteiger partial charge in [-0.2, -0.15) is 5.10 Å². The smallest absolute Gasteiger partial charge is 0.267 e. The van der Waals surface area contributed by atoms with Crippen molar-refractivity contribution in [1.82, 2.24) is 15.1 Å². The van der Waals surface area contributed by atoms with Crippen LogP contribution >= 0.6 is 0 Å². The second-order valence-electron chi connectivity index (χ2n) is 6.15. The van der Waals surface area contributed by atoms with Gasteiger partial charge in [-0.05, 0) is 30.3 Å². The minimum absolute atomic E-state index is 0.0234. The molecule has 0 saturated carbocycles. The van der Waals surface area contributed by atoms with Crippen molar-refractivity contribution in [2.75, 3.05) is 14.2 Å². The molecular weight excluding hydrogens is 377 g/mol. The Morgan fingerprint density at radius 2 is 1.83 bits per heavy atom. The Morgan fingerprint density at radius 3 is 2.55 bits per heavy atom. The topological polar surface area (TPSA) is 82.5 Å². The van der Waals surface area contributed by atoms with Gasteiger partial charge in [-0.25, -0.2) is 9.07 Å². The molecule has 1 aromatic heterocycles. The van der Waals surface area contributed by atoms with E-state index in [0.717, 1.165) is 4.68 Å². The molecule has 0 unspecified atom stereocenters. The van der Waals surface area contributed by atoms with Crippen LogP contribution < -0.4 is 20.3 Å². The molecule has 0 aliphatic rings. The van der Waals surface area contributed by atoms with E-state index in [1.807, 2.05) is 0 Å². The largest absolute Gasteiger partial charge is 0.493 e. The lowest BCUT2D eigenvalue weighted by Crippen LogP contribution is -2.33. The first kappa shape index (κ1) is 20.1. The summed E-state index contributed by atoms with van der Waals surface area (Å²) in [6, 6.07) is 14.3. The fourth-order valence-electron chi connectivity index (χ4n) is 2.74. The highest BCUT2D eigenvalue weighted by atomic mass is 19.1. The molecule has 3 rings (SSSR count). The lowest BCUT2D eigenvalue weighted by atomic mass is 10.1. The first-order chi connectivity index (χ1) is 14.0. The third-order valence-corrected chi connectivity index (χ3v) is 4.27. The monoisotopic (exact) mass is 397 g/mol. The van der Waals surface area contributed by atoms with Gasteiger partial charge in [0.2, 0.25) is 5.91 Å². The van der Waals surface area contributed by atoms with Crippen molar-refractivity contribution in [3.8, 4) is 22.8 Å². The van der Waals surface area contributed by atoms with Crippen molar-refractivity contribution in [3.63, 3.8) is 0 Å². The van der Waals surface area contributed by atoms with Crippen molar-refractivity contribution in [2.24, 2.45) is 0 Å². The van der Waals surface area contributed by atoms with Crippen LogP contribution in [0.5, 0.6) is 11.5 Å². The maximum atomic E-state index is 13.6. The molecule has 3 aromatic rings. The van der Waals surface area contributed by atoms with Gasteiger partial charge in [0.15, 0.2) is 11.5 Å². The Kier molecular flexibility index (Phi) is 6.23. The number of nitrogens with zero attached hydrogens (tertiary/aromatic N) is 2. The summed E-state index contributed by atoms with van der Waals surface area (Å²) < 4.78 is 25.2. The van der Waals surface area contributed by atoms with Crippen LogP contribution in [-0.2, 0) is 17.9 Å². The van der Waals surface area contributed by atoms with Crippen molar-refractivity contribution in [1.29, 1.82) is 0 Å². The number of benzene rings is 2. The molecule has 0 saturated heterocycles. The molecule has 0 fully saturated rings. The van der Waals surface area contributed by atoms with Crippen LogP contribution in [0.4, 0.5) is 4.39 Å². The fourth-order valence-corrected chi connectivity index (χ4v) is 2.74. The van der Waals surface area contributed by atoms with Crippen molar-refractivity contribution >= 4 is 5.91 Å². The number of rotatable bonds is 7. The van der Waals surface area contributed by atoms with E-state index in [9.17, 15) is 14.0 Å². The third-order valence-electron chi connectivity index (χ3n) is 4.27. The van der Waals surface area contributed by atoms with E-state index in [2.05, 4.69) is 10.4 Å².